The fourth-order valence-electron chi connectivity index (χ4n) is 2.13. The summed E-state index contributed by atoms with van der Waals surface area (Å²) in [7, 11) is 1.41. The van der Waals surface area contributed by atoms with Gasteiger partial charge in [0.15, 0.2) is 30.0 Å². The quantitative estimate of drug-likeness (QED) is 0.533. The number of benzene rings is 1. The van der Waals surface area contributed by atoms with Gasteiger partial charge in [-0.3, -0.25) is 9.59 Å². The first-order valence-corrected chi connectivity index (χ1v) is 9.03. The second-order valence-corrected chi connectivity index (χ2v) is 6.52. The van der Waals surface area contributed by atoms with Crippen molar-refractivity contribution in [2.45, 2.75) is 20.0 Å². The largest absolute Gasteiger partial charge is 0.493 e. The van der Waals surface area contributed by atoms with Crippen LogP contribution in [0.5, 0.6) is 11.5 Å². The van der Waals surface area contributed by atoms with E-state index in [0.29, 0.717) is 21.9 Å². The fraction of sp³-hybridized carbons (Fsp3) is 0.263. The molecule has 0 spiro atoms. The normalized spacial score (nSPS) is 11.1. The molecule has 0 saturated heterocycles. The minimum absolute atomic E-state index is 0.130. The molecule has 0 saturated carbocycles. The van der Waals surface area contributed by atoms with Gasteiger partial charge in [-0.1, -0.05) is 0 Å². The zero-order valence-corrected chi connectivity index (χ0v) is 16.3. The number of esters is 1. The Labute approximate surface area is 165 Å². The monoisotopic (exact) mass is 402 g/mol. The first-order chi connectivity index (χ1) is 13.3. The Bertz CT molecular complexity index is 931. The van der Waals surface area contributed by atoms with Crippen molar-refractivity contribution >= 4 is 34.0 Å². The van der Waals surface area contributed by atoms with Gasteiger partial charge in [-0.15, -0.1) is 11.3 Å². The molecule has 0 radical (unpaired) electrons. The average Bonchev–Trinajstić information content (AvgIpc) is 3.12. The molecule has 2 rings (SSSR count). The number of rotatable bonds is 8. The number of ether oxygens (including phenoxy) is 3. The molecule has 8 nitrogen and oxygen atoms in total. The highest BCUT2D eigenvalue weighted by atomic mass is 32.1. The number of ketones is 1. The zero-order chi connectivity index (χ0) is 20.7. The number of nitrogens with one attached hydrogen (secondary N) is 1. The summed E-state index contributed by atoms with van der Waals surface area (Å²) in [6.45, 7) is 2.39. The van der Waals surface area contributed by atoms with Crippen LogP contribution in [0.15, 0.2) is 29.6 Å². The number of methoxy groups -OCH3 is 1. The molecule has 0 aliphatic carbocycles. The van der Waals surface area contributed by atoms with Gasteiger partial charge < -0.3 is 19.5 Å². The van der Waals surface area contributed by atoms with E-state index in [1.165, 1.54) is 44.4 Å². The van der Waals surface area contributed by atoms with E-state index in [4.69, 9.17) is 19.5 Å². The molecule has 9 heteroatoms. The molecule has 28 heavy (non-hydrogen) atoms. The number of thiophene rings is 1. The lowest BCUT2D eigenvalue weighted by Gasteiger charge is -2.14. The maximum Gasteiger partial charge on any atom is 0.344 e. The minimum atomic E-state index is -1.08. The molecular formula is C19H18N2O6S. The number of carbonyl (C=O) groups is 3. The number of nitriles is 1. The summed E-state index contributed by atoms with van der Waals surface area (Å²) >= 11 is 1.20. The van der Waals surface area contributed by atoms with Crippen molar-refractivity contribution in [1.29, 1.82) is 5.26 Å². The van der Waals surface area contributed by atoms with Crippen LogP contribution in [-0.4, -0.2) is 37.5 Å². The van der Waals surface area contributed by atoms with Crippen LogP contribution in [0.2, 0.25) is 0 Å². The predicted octanol–water partition coefficient (Wildman–Crippen LogP) is 2.78. The van der Waals surface area contributed by atoms with Crippen molar-refractivity contribution in [1.82, 2.24) is 0 Å². The second-order valence-electron chi connectivity index (χ2n) is 5.61. The summed E-state index contributed by atoms with van der Waals surface area (Å²) < 4.78 is 15.6. The standard InChI is InChI=1S/C19H18N2O6S/c1-11(22)13-4-5-15(16(8-13)25-3)26-10-17(23)27-12(2)18(24)21-19-14(9-20)6-7-28-19/h4-8,12H,10H2,1-3H3,(H,21,24)/t12-/m0/s1. The SMILES string of the molecule is COc1cc(C(C)=O)ccc1OCC(=O)O[C@@H](C)C(=O)Nc1sccc1C#N. The van der Waals surface area contributed by atoms with Crippen LogP contribution < -0.4 is 14.8 Å². The van der Waals surface area contributed by atoms with Gasteiger partial charge >= 0.3 is 5.97 Å². The summed E-state index contributed by atoms with van der Waals surface area (Å²) in [6, 6.07) is 8.11. The third-order valence-electron chi connectivity index (χ3n) is 3.62. The Kier molecular flexibility index (Phi) is 7.12. The number of hydrogen-bond donors (Lipinski definition) is 1. The predicted molar refractivity (Wildman–Crippen MR) is 102 cm³/mol. The number of amides is 1. The Morgan fingerprint density at radius 3 is 2.64 bits per heavy atom. The van der Waals surface area contributed by atoms with E-state index in [1.807, 2.05) is 6.07 Å². The van der Waals surface area contributed by atoms with Crippen molar-refractivity contribution in [3.05, 3.63) is 40.8 Å². The highest BCUT2D eigenvalue weighted by Gasteiger charge is 2.20. The summed E-state index contributed by atoms with van der Waals surface area (Å²) in [4.78, 5) is 35.5. The van der Waals surface area contributed by atoms with E-state index in [9.17, 15) is 14.4 Å². The van der Waals surface area contributed by atoms with Gasteiger partial charge in [0.2, 0.25) is 0 Å². The van der Waals surface area contributed by atoms with Crippen molar-refractivity contribution in [3.8, 4) is 17.6 Å². The van der Waals surface area contributed by atoms with Crippen LogP contribution in [0.25, 0.3) is 0 Å². The number of nitrogens with zero attached hydrogens (tertiary/aromatic N) is 1. The molecule has 1 aromatic carbocycles. The van der Waals surface area contributed by atoms with Crippen LogP contribution in [0.1, 0.15) is 29.8 Å². The van der Waals surface area contributed by atoms with Crippen LogP contribution in [0, 0.1) is 11.3 Å². The molecular weight excluding hydrogens is 384 g/mol. The van der Waals surface area contributed by atoms with Crippen LogP contribution in [0.4, 0.5) is 5.00 Å². The van der Waals surface area contributed by atoms with Gasteiger partial charge in [0.25, 0.3) is 5.91 Å². The first-order valence-electron chi connectivity index (χ1n) is 8.15. The van der Waals surface area contributed by atoms with Gasteiger partial charge in [0.1, 0.15) is 11.1 Å². The van der Waals surface area contributed by atoms with E-state index in [-0.39, 0.29) is 11.5 Å². The molecule has 0 aliphatic heterocycles. The maximum absolute atomic E-state index is 12.1. The third kappa shape index (κ3) is 5.31. The molecule has 0 fully saturated rings. The molecule has 0 unspecified atom stereocenters. The summed E-state index contributed by atoms with van der Waals surface area (Å²) in [5.41, 5.74) is 0.781. The van der Waals surface area contributed by atoms with E-state index in [0.717, 1.165) is 0 Å². The summed E-state index contributed by atoms with van der Waals surface area (Å²) in [5.74, 6) is -0.885. The number of anilines is 1. The van der Waals surface area contributed by atoms with Crippen LogP contribution >= 0.6 is 11.3 Å². The van der Waals surface area contributed by atoms with Gasteiger partial charge in [0.05, 0.1) is 12.7 Å². The fourth-order valence-corrected chi connectivity index (χ4v) is 2.88. The second kappa shape index (κ2) is 9.53. The van der Waals surface area contributed by atoms with E-state index >= 15 is 0 Å². The highest BCUT2D eigenvalue weighted by molar-refractivity contribution is 7.14. The molecule has 146 valence electrons. The van der Waals surface area contributed by atoms with E-state index < -0.39 is 24.6 Å². The Balaban J connectivity index is 1.90. The zero-order valence-electron chi connectivity index (χ0n) is 15.5. The minimum Gasteiger partial charge on any atom is -0.493 e. The Morgan fingerprint density at radius 2 is 2.00 bits per heavy atom. The van der Waals surface area contributed by atoms with Crippen molar-refractivity contribution in [2.75, 3.05) is 19.0 Å². The molecule has 2 aromatic rings. The highest BCUT2D eigenvalue weighted by Crippen LogP contribution is 2.28. The molecule has 1 atom stereocenters. The first kappa shape index (κ1) is 20.9. The van der Waals surface area contributed by atoms with Gasteiger partial charge in [-0.2, -0.15) is 5.26 Å². The molecule has 1 heterocycles. The molecule has 0 aliphatic rings. The smallest absolute Gasteiger partial charge is 0.344 e. The van der Waals surface area contributed by atoms with Gasteiger partial charge in [-0.25, -0.2) is 4.79 Å². The van der Waals surface area contributed by atoms with Crippen molar-refractivity contribution in [2.24, 2.45) is 0 Å². The Hall–Kier alpha value is -3.38. The van der Waals surface area contributed by atoms with E-state index in [1.54, 1.807) is 17.5 Å². The summed E-state index contributed by atoms with van der Waals surface area (Å²) in [6.07, 6.45) is -1.08. The number of hydrogen-bond acceptors (Lipinski definition) is 8. The van der Waals surface area contributed by atoms with E-state index in [2.05, 4.69) is 5.32 Å². The van der Waals surface area contributed by atoms with Gasteiger partial charge in [-0.05, 0) is 43.5 Å². The maximum atomic E-state index is 12.1. The lowest BCUT2D eigenvalue weighted by atomic mass is 10.1. The molecule has 1 aromatic heterocycles. The Morgan fingerprint density at radius 1 is 1.25 bits per heavy atom. The van der Waals surface area contributed by atoms with Crippen molar-refractivity contribution in [3.63, 3.8) is 0 Å². The van der Waals surface area contributed by atoms with Crippen LogP contribution in [0.3, 0.4) is 0 Å². The summed E-state index contributed by atoms with van der Waals surface area (Å²) in [5, 5.41) is 13.6. The van der Waals surface area contributed by atoms with Crippen LogP contribution in [-0.2, 0) is 14.3 Å². The lowest BCUT2D eigenvalue weighted by Crippen LogP contribution is -2.31. The van der Waals surface area contributed by atoms with Crippen molar-refractivity contribution < 1.29 is 28.6 Å². The number of carbonyl (C=O) groups excluding carboxylic acids is 3. The molecule has 1 amide bonds. The average molecular weight is 402 g/mol. The third-order valence-corrected chi connectivity index (χ3v) is 4.45. The van der Waals surface area contributed by atoms with Gasteiger partial charge in [0, 0.05) is 5.56 Å². The molecule has 1 N–H and O–H groups in total. The molecule has 0 bridgehead atoms. The topological polar surface area (TPSA) is 115 Å². The number of Topliss-reactive ketones (excluding diaryl/α,β-unsaturated/α-hetero) is 1. The lowest BCUT2D eigenvalue weighted by molar-refractivity contribution is -0.155.